The predicted molar refractivity (Wildman–Crippen MR) is 67.7 cm³/mol. The lowest BCUT2D eigenvalue weighted by atomic mass is 9.86. The van der Waals surface area contributed by atoms with E-state index in [9.17, 15) is 10.1 Å². The molecule has 1 heterocycles. The van der Waals surface area contributed by atoms with Gasteiger partial charge in [-0.05, 0) is 31.6 Å². The Labute approximate surface area is 109 Å². The van der Waals surface area contributed by atoms with Crippen LogP contribution in [0.2, 0.25) is 0 Å². The Morgan fingerprint density at radius 1 is 1.44 bits per heavy atom. The lowest BCUT2D eigenvalue weighted by molar-refractivity contribution is -0.138. The maximum atomic E-state index is 12.4. The number of hydrogen-bond acceptors (Lipinski definition) is 3. The molecule has 2 fully saturated rings. The molecule has 100 valence electrons. The van der Waals surface area contributed by atoms with Crippen molar-refractivity contribution in [2.24, 2.45) is 11.3 Å². The van der Waals surface area contributed by atoms with E-state index in [4.69, 9.17) is 4.74 Å². The molecule has 0 aromatic carbocycles. The minimum atomic E-state index is -0.732. The summed E-state index contributed by atoms with van der Waals surface area (Å²) in [4.78, 5) is 14.2. The van der Waals surface area contributed by atoms with E-state index in [2.05, 4.69) is 6.07 Å². The average Bonchev–Trinajstić information content (AvgIpc) is 2.89. The molecule has 1 unspecified atom stereocenters. The predicted octanol–water partition coefficient (Wildman–Crippen LogP) is 1.96. The number of nitrogens with zero attached hydrogens (tertiary/aromatic N) is 2. The van der Waals surface area contributed by atoms with Crippen molar-refractivity contribution in [3.63, 3.8) is 0 Å². The Hall–Kier alpha value is -1.08. The zero-order chi connectivity index (χ0) is 13.0. The van der Waals surface area contributed by atoms with Crippen molar-refractivity contribution >= 4 is 5.91 Å². The van der Waals surface area contributed by atoms with Crippen molar-refractivity contribution in [3.05, 3.63) is 0 Å². The summed E-state index contributed by atoms with van der Waals surface area (Å²) in [7, 11) is 1.83. The number of nitriles is 1. The fraction of sp³-hybridized carbons (Fsp3) is 0.857. The molecule has 1 saturated carbocycles. The van der Waals surface area contributed by atoms with Gasteiger partial charge in [-0.2, -0.15) is 5.26 Å². The highest BCUT2D eigenvalue weighted by Crippen LogP contribution is 2.39. The minimum absolute atomic E-state index is 0.0214. The number of carbonyl (C=O) groups is 1. The normalized spacial score (nSPS) is 26.6. The molecule has 0 radical (unpaired) electrons. The van der Waals surface area contributed by atoms with E-state index in [0.717, 1.165) is 58.3 Å². The second-order valence-electron chi connectivity index (χ2n) is 5.67. The van der Waals surface area contributed by atoms with Crippen molar-refractivity contribution < 1.29 is 9.53 Å². The Morgan fingerprint density at radius 2 is 2.17 bits per heavy atom. The van der Waals surface area contributed by atoms with Crippen LogP contribution in [0.1, 0.15) is 38.5 Å². The first-order valence-electron chi connectivity index (χ1n) is 6.92. The van der Waals surface area contributed by atoms with Crippen LogP contribution in [0.25, 0.3) is 0 Å². The van der Waals surface area contributed by atoms with E-state index in [1.807, 2.05) is 7.05 Å². The zero-order valence-electron chi connectivity index (χ0n) is 11.2. The topological polar surface area (TPSA) is 53.3 Å². The second-order valence-corrected chi connectivity index (χ2v) is 5.67. The molecule has 1 amide bonds. The highest BCUT2D eigenvalue weighted by molar-refractivity contribution is 5.85. The average molecular weight is 250 g/mol. The lowest BCUT2D eigenvalue weighted by Crippen LogP contribution is -2.43. The van der Waals surface area contributed by atoms with Crippen molar-refractivity contribution in [1.82, 2.24) is 4.90 Å². The minimum Gasteiger partial charge on any atom is -0.381 e. The van der Waals surface area contributed by atoms with Gasteiger partial charge in [-0.1, -0.05) is 12.8 Å². The van der Waals surface area contributed by atoms with Crippen LogP contribution in [0.5, 0.6) is 0 Å². The number of amides is 1. The highest BCUT2D eigenvalue weighted by Gasteiger charge is 2.43. The van der Waals surface area contributed by atoms with Gasteiger partial charge in [-0.25, -0.2) is 0 Å². The number of hydrogen-bond donors (Lipinski definition) is 0. The van der Waals surface area contributed by atoms with Gasteiger partial charge in [0.25, 0.3) is 0 Å². The molecule has 4 nitrogen and oxygen atoms in total. The summed E-state index contributed by atoms with van der Waals surface area (Å²) in [5, 5.41) is 9.32. The molecular formula is C14H22N2O2. The summed E-state index contributed by atoms with van der Waals surface area (Å²) in [6.45, 7) is 2.32. The van der Waals surface area contributed by atoms with Crippen molar-refractivity contribution in [2.45, 2.75) is 38.5 Å². The van der Waals surface area contributed by atoms with E-state index in [1.54, 1.807) is 4.90 Å². The van der Waals surface area contributed by atoms with Crippen LogP contribution in [-0.4, -0.2) is 37.6 Å². The molecule has 1 saturated heterocycles. The van der Waals surface area contributed by atoms with Gasteiger partial charge in [0.1, 0.15) is 5.41 Å². The molecule has 0 aromatic heterocycles. The van der Waals surface area contributed by atoms with Gasteiger partial charge in [0.15, 0.2) is 0 Å². The molecule has 1 aliphatic heterocycles. The number of carbonyl (C=O) groups excluding carboxylic acids is 1. The molecule has 0 N–H and O–H groups in total. The summed E-state index contributed by atoms with van der Waals surface area (Å²) < 4.78 is 5.44. The van der Waals surface area contributed by atoms with Gasteiger partial charge in [-0.15, -0.1) is 0 Å². The van der Waals surface area contributed by atoms with Crippen LogP contribution in [0.15, 0.2) is 0 Å². The van der Waals surface area contributed by atoms with Crippen LogP contribution < -0.4 is 0 Å². The first-order chi connectivity index (χ1) is 8.68. The molecule has 4 heteroatoms. The molecule has 1 atom stereocenters. The van der Waals surface area contributed by atoms with Gasteiger partial charge < -0.3 is 9.64 Å². The van der Waals surface area contributed by atoms with Crippen LogP contribution in [0.4, 0.5) is 0 Å². The van der Waals surface area contributed by atoms with Crippen LogP contribution in [-0.2, 0) is 9.53 Å². The molecule has 0 spiro atoms. The maximum Gasteiger partial charge on any atom is 0.242 e. The van der Waals surface area contributed by atoms with E-state index in [0.29, 0.717) is 5.92 Å². The maximum absolute atomic E-state index is 12.4. The van der Waals surface area contributed by atoms with Crippen molar-refractivity contribution in [2.75, 3.05) is 26.8 Å². The Kier molecular flexibility index (Phi) is 4.23. The Morgan fingerprint density at radius 3 is 2.72 bits per heavy atom. The monoisotopic (exact) mass is 250 g/mol. The summed E-state index contributed by atoms with van der Waals surface area (Å²) in [5.41, 5.74) is -0.732. The summed E-state index contributed by atoms with van der Waals surface area (Å²) in [6, 6.07) is 2.27. The van der Waals surface area contributed by atoms with Gasteiger partial charge >= 0.3 is 0 Å². The lowest BCUT2D eigenvalue weighted by Gasteiger charge is -2.31. The third kappa shape index (κ3) is 2.67. The molecule has 2 rings (SSSR count). The fourth-order valence-electron chi connectivity index (χ4n) is 3.14. The van der Waals surface area contributed by atoms with E-state index in [-0.39, 0.29) is 5.91 Å². The van der Waals surface area contributed by atoms with E-state index in [1.165, 1.54) is 0 Å². The van der Waals surface area contributed by atoms with Crippen molar-refractivity contribution in [1.29, 1.82) is 5.26 Å². The molecule has 0 bridgehead atoms. The van der Waals surface area contributed by atoms with Crippen LogP contribution in [0.3, 0.4) is 0 Å². The zero-order valence-corrected chi connectivity index (χ0v) is 11.2. The standard InChI is InChI=1S/C14H22N2O2/c1-16(9-12-5-4-8-18-10-12)13(17)14(11-15)6-2-3-7-14/h12H,2-10H2,1H3. The molecular weight excluding hydrogens is 228 g/mol. The third-order valence-electron chi connectivity index (χ3n) is 4.21. The van der Waals surface area contributed by atoms with Crippen molar-refractivity contribution in [3.8, 4) is 6.07 Å². The molecule has 0 aromatic rings. The summed E-state index contributed by atoms with van der Waals surface area (Å²) >= 11 is 0. The number of rotatable bonds is 3. The Bertz CT molecular complexity index is 336. The first-order valence-corrected chi connectivity index (χ1v) is 6.92. The van der Waals surface area contributed by atoms with Gasteiger partial charge in [0, 0.05) is 20.2 Å². The third-order valence-corrected chi connectivity index (χ3v) is 4.21. The van der Waals surface area contributed by atoms with E-state index >= 15 is 0 Å². The number of ether oxygens (including phenoxy) is 1. The SMILES string of the molecule is CN(CC1CCCOC1)C(=O)C1(C#N)CCCC1. The van der Waals surface area contributed by atoms with E-state index < -0.39 is 5.41 Å². The highest BCUT2D eigenvalue weighted by atomic mass is 16.5. The van der Waals surface area contributed by atoms with Crippen LogP contribution in [0, 0.1) is 22.7 Å². The first kappa shape index (κ1) is 13.4. The Balaban J connectivity index is 1.93. The molecule has 2 aliphatic rings. The molecule has 1 aliphatic carbocycles. The largest absolute Gasteiger partial charge is 0.381 e. The second kappa shape index (κ2) is 5.71. The summed E-state index contributed by atoms with van der Waals surface area (Å²) in [6.07, 6.45) is 5.66. The van der Waals surface area contributed by atoms with Gasteiger partial charge in [0.2, 0.25) is 5.91 Å². The van der Waals surface area contributed by atoms with Gasteiger partial charge in [-0.3, -0.25) is 4.79 Å². The fourth-order valence-corrected chi connectivity index (χ4v) is 3.14. The summed E-state index contributed by atoms with van der Waals surface area (Å²) in [5.74, 6) is 0.456. The quantitative estimate of drug-likeness (QED) is 0.769. The van der Waals surface area contributed by atoms with Crippen LogP contribution >= 0.6 is 0 Å². The smallest absolute Gasteiger partial charge is 0.242 e. The van der Waals surface area contributed by atoms with Gasteiger partial charge in [0.05, 0.1) is 12.7 Å². The molecule has 18 heavy (non-hydrogen) atoms.